The molecule has 0 aliphatic heterocycles. The molecule has 15 heavy (non-hydrogen) atoms. The first-order valence-electron chi connectivity index (χ1n) is 3.97. The molecule has 1 amide bonds. The summed E-state index contributed by atoms with van der Waals surface area (Å²) in [5, 5.41) is 20.7. The van der Waals surface area contributed by atoms with Crippen LogP contribution in [0.2, 0.25) is 0 Å². The van der Waals surface area contributed by atoms with Gasteiger partial charge in [-0.05, 0) is 5.21 Å². The van der Waals surface area contributed by atoms with E-state index < -0.39 is 6.09 Å². The zero-order chi connectivity index (χ0) is 11.1. The molecule has 7 nitrogen and oxygen atoms in total. The molecule has 0 aliphatic carbocycles. The van der Waals surface area contributed by atoms with Crippen LogP contribution in [0, 0.1) is 0 Å². The van der Waals surface area contributed by atoms with Gasteiger partial charge in [0.25, 0.3) is 0 Å². The molecule has 2 aromatic rings. The minimum atomic E-state index is -1.33. The van der Waals surface area contributed by atoms with Crippen molar-refractivity contribution in [1.82, 2.24) is 20.6 Å². The van der Waals surface area contributed by atoms with Crippen molar-refractivity contribution in [2.75, 3.05) is 0 Å². The minimum absolute atomic E-state index is 0.630. The van der Waals surface area contributed by atoms with Crippen molar-refractivity contribution in [1.29, 1.82) is 0 Å². The summed E-state index contributed by atoms with van der Waals surface area (Å²) in [5.41, 5.74) is 5.00. The smallest absolute Gasteiger partial charge is 0.402 e. The van der Waals surface area contributed by atoms with Gasteiger partial charge in [-0.2, -0.15) is 5.21 Å². The Morgan fingerprint density at radius 2 is 1.93 bits per heavy atom. The van der Waals surface area contributed by atoms with Gasteiger partial charge in [0, 0.05) is 5.56 Å². The number of tetrazole rings is 1. The standard InChI is InChI=1S/C7H6N4.CH3NO2/c1-2-4-6(5-3-1)7-8-10-11-9-7;2-1(3)4/h1-5H,(H,8,9,10,11);2H2,(H,3,4). The molecule has 2 rings (SSSR count). The molecule has 0 bridgehead atoms. The second-order valence-corrected chi connectivity index (χ2v) is 2.44. The molecule has 0 spiro atoms. The number of nitrogens with zero attached hydrogens (tertiary/aromatic N) is 3. The van der Waals surface area contributed by atoms with Gasteiger partial charge in [-0.1, -0.05) is 30.3 Å². The van der Waals surface area contributed by atoms with Crippen LogP contribution < -0.4 is 5.73 Å². The molecule has 1 aromatic carbocycles. The number of carboxylic acid groups (broad SMARTS) is 1. The highest BCUT2D eigenvalue weighted by Crippen LogP contribution is 2.10. The first-order valence-corrected chi connectivity index (χ1v) is 3.97. The molecule has 0 saturated carbocycles. The second-order valence-electron chi connectivity index (χ2n) is 2.44. The predicted molar refractivity (Wildman–Crippen MR) is 51.8 cm³/mol. The Labute approximate surface area is 84.9 Å². The lowest BCUT2D eigenvalue weighted by Crippen LogP contribution is -2.03. The Hall–Kier alpha value is -2.44. The summed E-state index contributed by atoms with van der Waals surface area (Å²) >= 11 is 0. The van der Waals surface area contributed by atoms with Crippen LogP contribution in [-0.2, 0) is 0 Å². The van der Waals surface area contributed by atoms with Crippen LogP contribution in [0.25, 0.3) is 11.4 Å². The summed E-state index contributed by atoms with van der Waals surface area (Å²) in [7, 11) is 0. The minimum Gasteiger partial charge on any atom is -0.465 e. The van der Waals surface area contributed by atoms with Crippen LogP contribution in [0.5, 0.6) is 0 Å². The van der Waals surface area contributed by atoms with Gasteiger partial charge < -0.3 is 10.8 Å². The van der Waals surface area contributed by atoms with Crippen molar-refractivity contribution in [3.63, 3.8) is 0 Å². The summed E-state index contributed by atoms with van der Waals surface area (Å²) in [6.07, 6.45) is -1.33. The summed E-state index contributed by atoms with van der Waals surface area (Å²) in [4.78, 5) is 8.78. The Morgan fingerprint density at radius 3 is 2.40 bits per heavy atom. The number of H-pyrrole nitrogens is 1. The number of hydrogen-bond acceptors (Lipinski definition) is 4. The van der Waals surface area contributed by atoms with Crippen molar-refractivity contribution >= 4 is 6.09 Å². The van der Waals surface area contributed by atoms with E-state index >= 15 is 0 Å². The summed E-state index contributed by atoms with van der Waals surface area (Å²) in [6, 6.07) is 9.69. The average Bonchev–Trinajstić information content (AvgIpc) is 2.71. The molecule has 4 N–H and O–H groups in total. The van der Waals surface area contributed by atoms with Crippen molar-refractivity contribution in [3.8, 4) is 11.4 Å². The van der Waals surface area contributed by atoms with E-state index in [1.807, 2.05) is 30.3 Å². The van der Waals surface area contributed by atoms with E-state index in [9.17, 15) is 0 Å². The van der Waals surface area contributed by atoms with Gasteiger partial charge >= 0.3 is 6.09 Å². The fraction of sp³-hybridized carbons (Fsp3) is 0. The first-order chi connectivity index (χ1) is 7.20. The van der Waals surface area contributed by atoms with E-state index in [0.29, 0.717) is 5.82 Å². The molecular formula is C8H9N5O2. The van der Waals surface area contributed by atoms with Gasteiger partial charge in [-0.15, -0.1) is 10.2 Å². The van der Waals surface area contributed by atoms with Crippen LogP contribution in [0.1, 0.15) is 0 Å². The van der Waals surface area contributed by atoms with E-state index in [-0.39, 0.29) is 0 Å². The van der Waals surface area contributed by atoms with E-state index in [0.717, 1.165) is 5.56 Å². The lowest BCUT2D eigenvalue weighted by atomic mass is 10.2. The third kappa shape index (κ3) is 3.85. The Kier molecular flexibility index (Phi) is 3.78. The number of nitrogens with two attached hydrogens (primary N) is 1. The van der Waals surface area contributed by atoms with Crippen LogP contribution in [0.3, 0.4) is 0 Å². The highest BCUT2D eigenvalue weighted by atomic mass is 16.4. The highest BCUT2D eigenvalue weighted by molar-refractivity contribution is 5.61. The number of primary amides is 1. The number of aromatic nitrogens is 4. The molecule has 78 valence electrons. The molecule has 1 heterocycles. The summed E-state index contributed by atoms with van der Waals surface area (Å²) in [5.74, 6) is 0.630. The number of carbonyl (C=O) groups is 1. The van der Waals surface area contributed by atoms with Crippen LogP contribution in [0.4, 0.5) is 4.79 Å². The maximum atomic E-state index is 8.78. The number of nitrogens with one attached hydrogen (secondary N) is 1. The largest absolute Gasteiger partial charge is 0.465 e. The normalized spacial score (nSPS) is 8.80. The SMILES string of the molecule is NC(=O)O.c1ccc(-c2nn[nH]n2)cc1. The highest BCUT2D eigenvalue weighted by Gasteiger charge is 1.98. The first kappa shape index (κ1) is 10.6. The Morgan fingerprint density at radius 1 is 1.33 bits per heavy atom. The van der Waals surface area contributed by atoms with E-state index in [2.05, 4.69) is 26.4 Å². The molecular weight excluding hydrogens is 198 g/mol. The van der Waals surface area contributed by atoms with Crippen molar-refractivity contribution in [2.45, 2.75) is 0 Å². The number of hydrogen-bond donors (Lipinski definition) is 3. The molecule has 0 radical (unpaired) electrons. The maximum Gasteiger partial charge on any atom is 0.402 e. The zero-order valence-corrected chi connectivity index (χ0v) is 7.66. The average molecular weight is 207 g/mol. The van der Waals surface area contributed by atoms with E-state index in [1.54, 1.807) is 0 Å². The fourth-order valence-electron chi connectivity index (χ4n) is 0.871. The molecule has 0 unspecified atom stereocenters. The second kappa shape index (κ2) is 5.32. The lowest BCUT2D eigenvalue weighted by molar-refractivity contribution is 0.205. The van der Waals surface area contributed by atoms with Crippen molar-refractivity contribution in [3.05, 3.63) is 30.3 Å². The number of amides is 1. The third-order valence-corrected chi connectivity index (χ3v) is 1.38. The molecule has 7 heteroatoms. The molecule has 1 aromatic heterocycles. The predicted octanol–water partition coefficient (Wildman–Crippen LogP) is 0.490. The Bertz CT molecular complexity index is 396. The van der Waals surface area contributed by atoms with Crippen molar-refractivity contribution in [2.24, 2.45) is 5.73 Å². The van der Waals surface area contributed by atoms with Gasteiger partial charge in [-0.3, -0.25) is 0 Å². The van der Waals surface area contributed by atoms with Crippen LogP contribution >= 0.6 is 0 Å². The fourth-order valence-corrected chi connectivity index (χ4v) is 0.871. The quantitative estimate of drug-likeness (QED) is 0.628. The zero-order valence-electron chi connectivity index (χ0n) is 7.66. The summed E-state index contributed by atoms with van der Waals surface area (Å²) < 4.78 is 0. The van der Waals surface area contributed by atoms with Crippen molar-refractivity contribution < 1.29 is 9.90 Å². The number of rotatable bonds is 1. The lowest BCUT2D eigenvalue weighted by Gasteiger charge is -1.89. The van der Waals surface area contributed by atoms with Crippen LogP contribution in [0.15, 0.2) is 30.3 Å². The molecule has 0 aliphatic rings. The van der Waals surface area contributed by atoms with Gasteiger partial charge in [0.1, 0.15) is 0 Å². The van der Waals surface area contributed by atoms with Gasteiger partial charge in [0.2, 0.25) is 5.82 Å². The van der Waals surface area contributed by atoms with E-state index in [1.165, 1.54) is 0 Å². The van der Waals surface area contributed by atoms with Gasteiger partial charge in [0.15, 0.2) is 0 Å². The number of aromatic amines is 1. The Balaban J connectivity index is 0.000000245. The van der Waals surface area contributed by atoms with Crippen LogP contribution in [-0.4, -0.2) is 31.8 Å². The summed E-state index contributed by atoms with van der Waals surface area (Å²) in [6.45, 7) is 0. The topological polar surface area (TPSA) is 118 Å². The third-order valence-electron chi connectivity index (χ3n) is 1.38. The number of benzene rings is 1. The van der Waals surface area contributed by atoms with Gasteiger partial charge in [-0.25, -0.2) is 4.79 Å². The monoisotopic (exact) mass is 207 g/mol. The molecule has 0 saturated heterocycles. The maximum absolute atomic E-state index is 8.78. The molecule has 0 fully saturated rings. The van der Waals surface area contributed by atoms with E-state index in [4.69, 9.17) is 9.90 Å². The van der Waals surface area contributed by atoms with Gasteiger partial charge in [0.05, 0.1) is 0 Å². The molecule has 0 atom stereocenters.